The van der Waals surface area contributed by atoms with Crippen LogP contribution < -0.4 is 0 Å². The Kier molecular flexibility index (Phi) is 3.80. The lowest BCUT2D eigenvalue weighted by Crippen LogP contribution is -2.02. The number of imidazole rings is 1. The van der Waals surface area contributed by atoms with Crippen LogP contribution in [0.1, 0.15) is 29.3 Å². The van der Waals surface area contributed by atoms with Gasteiger partial charge in [-0.05, 0) is 56.2 Å². The molecule has 2 nitrogen and oxygen atoms in total. The molecular weight excluding hydrogens is 348 g/mol. The van der Waals surface area contributed by atoms with Crippen molar-refractivity contribution < 1.29 is 0 Å². The van der Waals surface area contributed by atoms with Gasteiger partial charge in [-0.25, -0.2) is 4.98 Å². The zero-order valence-electron chi connectivity index (χ0n) is 12.2. The second kappa shape index (κ2) is 5.47. The van der Waals surface area contributed by atoms with Gasteiger partial charge < -0.3 is 0 Å². The molecule has 0 saturated heterocycles. The maximum absolute atomic E-state index is 6.35. The number of aryl methyl sites for hydroxylation is 2. The fraction of sp³-hybridized carbons (Fsp3) is 0.235. The van der Waals surface area contributed by atoms with E-state index in [1.807, 2.05) is 13.0 Å². The van der Waals surface area contributed by atoms with Gasteiger partial charge in [-0.1, -0.05) is 28.1 Å². The Morgan fingerprint density at radius 2 is 1.90 bits per heavy atom. The maximum Gasteiger partial charge on any atom is 0.132 e. The average Bonchev–Trinajstić information content (AvgIpc) is 2.80. The molecule has 108 valence electrons. The molecule has 1 unspecified atom stereocenters. The lowest BCUT2D eigenvalue weighted by atomic mass is 10.2. The van der Waals surface area contributed by atoms with Gasteiger partial charge in [-0.15, -0.1) is 11.6 Å². The summed E-state index contributed by atoms with van der Waals surface area (Å²) in [5, 5.41) is -0.155. The van der Waals surface area contributed by atoms with Gasteiger partial charge in [0.1, 0.15) is 5.82 Å². The normalized spacial score (nSPS) is 12.8. The van der Waals surface area contributed by atoms with E-state index >= 15 is 0 Å². The topological polar surface area (TPSA) is 17.8 Å². The smallest absolute Gasteiger partial charge is 0.132 e. The number of hydrogen-bond acceptors (Lipinski definition) is 1. The summed E-state index contributed by atoms with van der Waals surface area (Å²) in [6.45, 7) is 6.12. The fourth-order valence-electron chi connectivity index (χ4n) is 2.46. The van der Waals surface area contributed by atoms with Crippen molar-refractivity contribution in [3.63, 3.8) is 0 Å². The molecule has 4 heteroatoms. The lowest BCUT2D eigenvalue weighted by molar-refractivity contribution is 0.881. The van der Waals surface area contributed by atoms with Crippen LogP contribution in [-0.2, 0) is 0 Å². The SMILES string of the molecule is Cc1ccc2nc(C(C)Cl)n(-c3ccc(C)c(Br)c3)c2c1. The molecule has 1 heterocycles. The average molecular weight is 364 g/mol. The molecule has 0 bridgehead atoms. The molecule has 0 spiro atoms. The molecule has 3 aromatic rings. The lowest BCUT2D eigenvalue weighted by Gasteiger charge is -2.12. The minimum absolute atomic E-state index is 0.155. The summed E-state index contributed by atoms with van der Waals surface area (Å²) in [6, 6.07) is 12.6. The highest BCUT2D eigenvalue weighted by Crippen LogP contribution is 2.30. The van der Waals surface area contributed by atoms with E-state index in [1.165, 1.54) is 11.1 Å². The number of rotatable bonds is 2. The molecule has 0 radical (unpaired) electrons. The highest BCUT2D eigenvalue weighted by atomic mass is 79.9. The molecule has 0 N–H and O–H groups in total. The quantitative estimate of drug-likeness (QED) is 0.534. The van der Waals surface area contributed by atoms with Gasteiger partial charge in [-0.2, -0.15) is 0 Å². The zero-order chi connectivity index (χ0) is 15.1. The number of aromatic nitrogens is 2. The first-order valence-corrected chi connectivity index (χ1v) is 8.10. The third-order valence-corrected chi connectivity index (χ3v) is 4.65. The van der Waals surface area contributed by atoms with Crippen LogP contribution in [0.3, 0.4) is 0 Å². The Morgan fingerprint density at radius 1 is 1.14 bits per heavy atom. The molecular formula is C17H16BrClN2. The Balaban J connectivity index is 2.35. The summed E-state index contributed by atoms with van der Waals surface area (Å²) in [7, 11) is 0. The van der Waals surface area contributed by atoms with Crippen LogP contribution in [0, 0.1) is 13.8 Å². The van der Waals surface area contributed by atoms with Gasteiger partial charge in [0.2, 0.25) is 0 Å². The predicted octanol–water partition coefficient (Wildman–Crippen LogP) is 5.70. The van der Waals surface area contributed by atoms with Crippen LogP contribution in [0.25, 0.3) is 16.7 Å². The van der Waals surface area contributed by atoms with Crippen LogP contribution in [-0.4, -0.2) is 9.55 Å². The second-order valence-electron chi connectivity index (χ2n) is 5.35. The van der Waals surface area contributed by atoms with E-state index in [2.05, 4.69) is 64.7 Å². The van der Waals surface area contributed by atoms with Crippen LogP contribution in [0.15, 0.2) is 40.9 Å². The van der Waals surface area contributed by atoms with E-state index in [9.17, 15) is 0 Å². The van der Waals surface area contributed by atoms with Crippen molar-refractivity contribution in [3.05, 3.63) is 57.8 Å². The summed E-state index contributed by atoms with van der Waals surface area (Å²) < 4.78 is 3.23. The van der Waals surface area contributed by atoms with Crippen LogP contribution in [0.4, 0.5) is 0 Å². The molecule has 0 aliphatic rings. The first kappa shape index (κ1) is 14.6. The number of benzene rings is 2. The highest BCUT2D eigenvalue weighted by Gasteiger charge is 2.16. The second-order valence-corrected chi connectivity index (χ2v) is 6.86. The van der Waals surface area contributed by atoms with E-state index in [0.29, 0.717) is 0 Å². The number of fused-ring (bicyclic) bond motifs is 1. The van der Waals surface area contributed by atoms with Crippen molar-refractivity contribution in [2.75, 3.05) is 0 Å². The van der Waals surface area contributed by atoms with Crippen LogP contribution >= 0.6 is 27.5 Å². The summed E-state index contributed by atoms with van der Waals surface area (Å²) in [6.07, 6.45) is 0. The number of hydrogen-bond donors (Lipinski definition) is 0. The summed E-state index contributed by atoms with van der Waals surface area (Å²) in [5.74, 6) is 0.869. The van der Waals surface area contributed by atoms with E-state index < -0.39 is 0 Å². The summed E-state index contributed by atoms with van der Waals surface area (Å²) in [4.78, 5) is 4.70. The molecule has 1 aromatic heterocycles. The largest absolute Gasteiger partial charge is 0.295 e. The molecule has 1 atom stereocenters. The number of halogens is 2. The van der Waals surface area contributed by atoms with Crippen molar-refractivity contribution >= 4 is 38.6 Å². The third-order valence-electron chi connectivity index (χ3n) is 3.61. The van der Waals surface area contributed by atoms with Crippen molar-refractivity contribution in [2.45, 2.75) is 26.1 Å². The Bertz CT molecular complexity index is 821. The van der Waals surface area contributed by atoms with Crippen molar-refractivity contribution in [1.82, 2.24) is 9.55 Å². The molecule has 3 rings (SSSR count). The van der Waals surface area contributed by atoms with Crippen molar-refractivity contribution in [1.29, 1.82) is 0 Å². The van der Waals surface area contributed by atoms with Crippen LogP contribution in [0.5, 0.6) is 0 Å². The highest BCUT2D eigenvalue weighted by molar-refractivity contribution is 9.10. The Morgan fingerprint density at radius 3 is 2.57 bits per heavy atom. The standard InChI is InChI=1S/C17H16BrClN2/c1-10-4-7-15-16(8-10)21(17(20-15)12(3)19)13-6-5-11(2)14(18)9-13/h4-9,12H,1-3H3. The van der Waals surface area contributed by atoms with E-state index in [-0.39, 0.29) is 5.38 Å². The van der Waals surface area contributed by atoms with Gasteiger partial charge in [0.15, 0.2) is 0 Å². The number of alkyl halides is 1. The maximum atomic E-state index is 6.35. The first-order chi connectivity index (χ1) is 9.97. The third kappa shape index (κ3) is 2.60. The minimum Gasteiger partial charge on any atom is -0.295 e. The molecule has 0 saturated carbocycles. The predicted molar refractivity (Wildman–Crippen MR) is 92.5 cm³/mol. The molecule has 0 fully saturated rings. The van der Waals surface area contributed by atoms with Crippen molar-refractivity contribution in [2.24, 2.45) is 0 Å². The first-order valence-electron chi connectivity index (χ1n) is 6.87. The van der Waals surface area contributed by atoms with Gasteiger partial charge in [-0.3, -0.25) is 4.57 Å². The molecule has 21 heavy (non-hydrogen) atoms. The monoisotopic (exact) mass is 362 g/mol. The van der Waals surface area contributed by atoms with Gasteiger partial charge in [0.05, 0.1) is 16.4 Å². The Hall–Kier alpha value is -1.32. The summed E-state index contributed by atoms with van der Waals surface area (Å²) in [5.41, 5.74) is 5.56. The molecule has 2 aromatic carbocycles. The molecule has 0 aliphatic heterocycles. The number of nitrogens with zero attached hydrogens (tertiary/aromatic N) is 2. The zero-order valence-corrected chi connectivity index (χ0v) is 14.5. The van der Waals surface area contributed by atoms with E-state index in [1.54, 1.807) is 0 Å². The molecule has 0 aliphatic carbocycles. The summed E-state index contributed by atoms with van der Waals surface area (Å²) >= 11 is 9.95. The van der Waals surface area contributed by atoms with Crippen LogP contribution in [0.2, 0.25) is 0 Å². The fourth-order valence-corrected chi connectivity index (χ4v) is 2.98. The van der Waals surface area contributed by atoms with E-state index in [0.717, 1.165) is 27.0 Å². The minimum atomic E-state index is -0.155. The van der Waals surface area contributed by atoms with E-state index in [4.69, 9.17) is 16.6 Å². The van der Waals surface area contributed by atoms with Gasteiger partial charge >= 0.3 is 0 Å². The molecule has 0 amide bonds. The van der Waals surface area contributed by atoms with Gasteiger partial charge in [0, 0.05) is 10.2 Å². The van der Waals surface area contributed by atoms with Crippen molar-refractivity contribution in [3.8, 4) is 5.69 Å². The van der Waals surface area contributed by atoms with Gasteiger partial charge in [0.25, 0.3) is 0 Å². The Labute approximate surface area is 137 Å².